The van der Waals surface area contributed by atoms with Crippen molar-refractivity contribution in [2.75, 3.05) is 4.90 Å². The van der Waals surface area contributed by atoms with E-state index in [1.165, 1.54) is 0 Å². The van der Waals surface area contributed by atoms with Crippen LogP contribution in [0.1, 0.15) is 32.0 Å². The van der Waals surface area contributed by atoms with E-state index < -0.39 is 52.4 Å². The highest BCUT2D eigenvalue weighted by molar-refractivity contribution is 6.36. The molecular formula is C21H11Cl2F6N3O2. The molecule has 2 aromatic carbocycles. The number of anilines is 2. The number of nitrogens with zero attached hydrogens (tertiary/aromatic N) is 2. The molecule has 0 saturated carbocycles. The third kappa shape index (κ3) is 5.26. The number of nitrogens with two attached hydrogens (primary N) is 1. The Labute approximate surface area is 197 Å². The number of hydrogen-bond acceptors (Lipinski definition) is 3. The molecule has 5 nitrogen and oxygen atoms in total. The van der Waals surface area contributed by atoms with Crippen molar-refractivity contribution in [3.8, 4) is 0 Å². The second kappa shape index (κ2) is 9.15. The number of aromatic nitrogens is 1. The van der Waals surface area contributed by atoms with Crippen molar-refractivity contribution >= 4 is 46.4 Å². The minimum atomic E-state index is -4.85. The van der Waals surface area contributed by atoms with E-state index in [1.54, 1.807) is 0 Å². The van der Waals surface area contributed by atoms with Crippen LogP contribution in [0.2, 0.25) is 10.0 Å². The van der Waals surface area contributed by atoms with Gasteiger partial charge in [0.2, 0.25) is 5.91 Å². The van der Waals surface area contributed by atoms with Gasteiger partial charge in [0, 0.05) is 6.20 Å². The Bertz CT molecular complexity index is 1200. The molecule has 178 valence electrons. The predicted molar refractivity (Wildman–Crippen MR) is 112 cm³/mol. The van der Waals surface area contributed by atoms with E-state index in [4.69, 9.17) is 28.9 Å². The van der Waals surface area contributed by atoms with E-state index in [0.717, 1.165) is 30.5 Å². The Morgan fingerprint density at radius 3 is 1.62 bits per heavy atom. The van der Waals surface area contributed by atoms with Gasteiger partial charge >= 0.3 is 12.4 Å². The van der Waals surface area contributed by atoms with E-state index in [9.17, 15) is 35.9 Å². The molecular weight excluding hydrogens is 511 g/mol. The first kappa shape index (κ1) is 25.3. The lowest BCUT2D eigenvalue weighted by Gasteiger charge is -2.26. The average molecular weight is 522 g/mol. The second-order valence-corrected chi connectivity index (χ2v) is 7.58. The number of rotatable bonds is 4. The maximum atomic E-state index is 13.3. The molecule has 0 bridgehead atoms. The summed E-state index contributed by atoms with van der Waals surface area (Å²) in [6.07, 6.45) is -8.78. The highest BCUT2D eigenvalue weighted by Gasteiger charge is 2.35. The van der Waals surface area contributed by atoms with E-state index in [1.807, 2.05) is 0 Å². The van der Waals surface area contributed by atoms with Gasteiger partial charge in [-0.1, -0.05) is 23.2 Å². The average Bonchev–Trinajstić information content (AvgIpc) is 2.74. The molecule has 34 heavy (non-hydrogen) atoms. The number of amides is 2. The number of halogens is 8. The molecule has 13 heteroatoms. The van der Waals surface area contributed by atoms with Crippen LogP contribution in [-0.2, 0) is 12.4 Å². The Morgan fingerprint density at radius 2 is 1.26 bits per heavy atom. The fraction of sp³-hybridized carbons (Fsp3) is 0.0952. The summed E-state index contributed by atoms with van der Waals surface area (Å²) in [6, 6.07) is 6.09. The summed E-state index contributed by atoms with van der Waals surface area (Å²) < 4.78 is 80.0. The first-order chi connectivity index (χ1) is 15.7. The molecule has 1 heterocycles. The summed E-state index contributed by atoms with van der Waals surface area (Å²) in [6.45, 7) is 0. The van der Waals surface area contributed by atoms with Gasteiger partial charge in [0.05, 0.1) is 38.1 Å². The number of carbonyl (C=O) groups is 2. The van der Waals surface area contributed by atoms with Crippen molar-refractivity contribution in [1.82, 2.24) is 4.98 Å². The first-order valence-electron chi connectivity index (χ1n) is 9.04. The van der Waals surface area contributed by atoms with Crippen molar-refractivity contribution in [3.63, 3.8) is 0 Å². The maximum absolute atomic E-state index is 13.3. The lowest BCUT2D eigenvalue weighted by atomic mass is 10.1. The number of hydrogen-bond donors (Lipinski definition) is 1. The van der Waals surface area contributed by atoms with Crippen molar-refractivity contribution in [1.29, 1.82) is 0 Å². The molecule has 2 N–H and O–H groups in total. The molecule has 0 atom stereocenters. The Balaban J connectivity index is 2.28. The molecule has 2 amide bonds. The molecule has 0 radical (unpaired) electrons. The van der Waals surface area contributed by atoms with Crippen LogP contribution in [0.25, 0.3) is 0 Å². The largest absolute Gasteiger partial charge is 0.416 e. The highest BCUT2D eigenvalue weighted by atomic mass is 35.5. The van der Waals surface area contributed by atoms with Gasteiger partial charge in [-0.05, 0) is 48.5 Å². The van der Waals surface area contributed by atoms with Crippen molar-refractivity contribution in [2.24, 2.45) is 5.73 Å². The summed E-state index contributed by atoms with van der Waals surface area (Å²) in [7, 11) is 0. The standard InChI is InChI=1S/C21H11Cl2F6N3O2/c22-13-4-2-11(20(24,25)26)7-16(13)32(17-8-12(21(27,28)29)3-5-14(17)23)19(34)15-6-1-10(9-31-15)18(30)33/h1-9H,(H2,30,33). The predicted octanol–water partition coefficient (Wildman–Crippen LogP) is 6.50. The van der Waals surface area contributed by atoms with Gasteiger partial charge in [0.25, 0.3) is 5.91 Å². The van der Waals surface area contributed by atoms with Crippen LogP contribution in [0.3, 0.4) is 0 Å². The molecule has 0 aliphatic heterocycles. The third-order valence-corrected chi connectivity index (χ3v) is 5.14. The van der Waals surface area contributed by atoms with Gasteiger partial charge in [-0.15, -0.1) is 0 Å². The number of alkyl halides is 6. The minimum absolute atomic E-state index is 0.0858. The lowest BCUT2D eigenvalue weighted by Crippen LogP contribution is -2.28. The van der Waals surface area contributed by atoms with Gasteiger partial charge in [-0.2, -0.15) is 26.3 Å². The van der Waals surface area contributed by atoms with Crippen LogP contribution in [0.15, 0.2) is 54.7 Å². The molecule has 3 aromatic rings. The zero-order valence-corrected chi connectivity index (χ0v) is 18.0. The van der Waals surface area contributed by atoms with Crippen LogP contribution in [0, 0.1) is 0 Å². The van der Waals surface area contributed by atoms with Crippen LogP contribution in [-0.4, -0.2) is 16.8 Å². The topological polar surface area (TPSA) is 76.3 Å². The quantitative estimate of drug-likeness (QED) is 0.398. The Kier molecular flexibility index (Phi) is 6.81. The van der Waals surface area contributed by atoms with E-state index >= 15 is 0 Å². The second-order valence-electron chi connectivity index (χ2n) is 6.76. The molecule has 0 aliphatic carbocycles. The molecule has 0 saturated heterocycles. The first-order valence-corrected chi connectivity index (χ1v) is 9.79. The van der Waals surface area contributed by atoms with Crippen molar-refractivity contribution in [2.45, 2.75) is 12.4 Å². The van der Waals surface area contributed by atoms with Crippen LogP contribution in [0.5, 0.6) is 0 Å². The summed E-state index contributed by atoms with van der Waals surface area (Å²) in [4.78, 5) is 28.8. The molecule has 3 rings (SSSR count). The summed E-state index contributed by atoms with van der Waals surface area (Å²) >= 11 is 12.1. The highest BCUT2D eigenvalue weighted by Crippen LogP contribution is 2.42. The van der Waals surface area contributed by atoms with Crippen LogP contribution >= 0.6 is 23.2 Å². The van der Waals surface area contributed by atoms with Crippen LogP contribution in [0.4, 0.5) is 37.7 Å². The molecule has 1 aromatic heterocycles. The molecule has 0 spiro atoms. The smallest absolute Gasteiger partial charge is 0.366 e. The monoisotopic (exact) mass is 521 g/mol. The minimum Gasteiger partial charge on any atom is -0.366 e. The lowest BCUT2D eigenvalue weighted by molar-refractivity contribution is -0.138. The Morgan fingerprint density at radius 1 is 0.794 bits per heavy atom. The van der Waals surface area contributed by atoms with Gasteiger partial charge < -0.3 is 5.73 Å². The SMILES string of the molecule is NC(=O)c1ccc(C(=O)N(c2cc(C(F)(F)F)ccc2Cl)c2cc(C(F)(F)F)ccc2Cl)nc1. The van der Waals surface area contributed by atoms with Crippen LogP contribution < -0.4 is 10.6 Å². The van der Waals surface area contributed by atoms with Gasteiger partial charge in [-0.3, -0.25) is 19.5 Å². The van der Waals surface area contributed by atoms with Gasteiger partial charge in [0.15, 0.2) is 0 Å². The fourth-order valence-corrected chi connectivity index (χ4v) is 3.25. The number of benzene rings is 2. The molecule has 0 fully saturated rings. The zero-order valence-electron chi connectivity index (χ0n) is 16.5. The van der Waals surface area contributed by atoms with Gasteiger partial charge in [0.1, 0.15) is 5.69 Å². The van der Waals surface area contributed by atoms with Crippen molar-refractivity contribution < 1.29 is 35.9 Å². The summed E-state index contributed by atoms with van der Waals surface area (Å²) in [5.74, 6) is -2.04. The normalized spacial score (nSPS) is 11.9. The molecule has 0 unspecified atom stereocenters. The number of pyridine rings is 1. The Hall–Kier alpha value is -3.31. The zero-order chi connectivity index (χ0) is 25.4. The van der Waals surface area contributed by atoms with Gasteiger partial charge in [-0.25, -0.2) is 0 Å². The number of primary amides is 1. The maximum Gasteiger partial charge on any atom is 0.416 e. The third-order valence-electron chi connectivity index (χ3n) is 4.50. The van der Waals surface area contributed by atoms with E-state index in [0.29, 0.717) is 29.2 Å². The summed E-state index contributed by atoms with van der Waals surface area (Å²) in [5.41, 5.74) is 0.967. The fourth-order valence-electron chi connectivity index (χ4n) is 2.85. The van der Waals surface area contributed by atoms with E-state index in [2.05, 4.69) is 4.98 Å². The number of carbonyl (C=O) groups excluding carboxylic acids is 2. The van der Waals surface area contributed by atoms with Crippen molar-refractivity contribution in [3.05, 3.63) is 87.2 Å². The summed E-state index contributed by atoms with van der Waals surface area (Å²) in [5, 5.41) is -0.771. The molecule has 0 aliphatic rings. The van der Waals surface area contributed by atoms with E-state index in [-0.39, 0.29) is 15.6 Å².